The van der Waals surface area contributed by atoms with Crippen LogP contribution in [0.3, 0.4) is 0 Å². The molecule has 0 saturated heterocycles. The van der Waals surface area contributed by atoms with Crippen molar-refractivity contribution in [1.82, 2.24) is 5.32 Å². The number of aliphatic hydroxyl groups excluding tert-OH is 2. The van der Waals surface area contributed by atoms with Crippen LogP contribution < -0.4 is 5.32 Å². The van der Waals surface area contributed by atoms with Crippen LogP contribution in [0.2, 0.25) is 0 Å². The lowest BCUT2D eigenvalue weighted by molar-refractivity contribution is -0.123. The number of hydrogen-bond donors (Lipinski definition) is 3. The maximum atomic E-state index is 12.5. The van der Waals surface area contributed by atoms with Gasteiger partial charge in [0.25, 0.3) is 0 Å². The number of hydrogen-bond acceptors (Lipinski definition) is 3. The number of allylic oxidation sites excluding steroid dienone is 19. The Morgan fingerprint density at radius 3 is 1.00 bits per heavy atom. The Hall–Kier alpha value is -3.21. The van der Waals surface area contributed by atoms with Crippen molar-refractivity contribution < 1.29 is 15.0 Å². The quantitative estimate of drug-likeness (QED) is 0.0421. The summed E-state index contributed by atoms with van der Waals surface area (Å²) in [7, 11) is 0. The zero-order valence-corrected chi connectivity index (χ0v) is 43.2. The van der Waals surface area contributed by atoms with E-state index in [-0.39, 0.29) is 12.5 Å². The second kappa shape index (κ2) is 56.1. The van der Waals surface area contributed by atoms with Gasteiger partial charge < -0.3 is 15.5 Å². The van der Waals surface area contributed by atoms with E-state index in [0.717, 1.165) is 89.9 Å². The molecule has 0 aliphatic rings. The molecule has 0 heterocycles. The van der Waals surface area contributed by atoms with E-state index in [1.807, 2.05) is 6.08 Å². The number of aliphatic hydroxyl groups is 2. The number of carbonyl (C=O) groups excluding carboxylic acids is 1. The summed E-state index contributed by atoms with van der Waals surface area (Å²) in [6.45, 7) is 4.19. The van der Waals surface area contributed by atoms with Crippen molar-refractivity contribution in [2.75, 3.05) is 6.61 Å². The van der Waals surface area contributed by atoms with Gasteiger partial charge in [-0.25, -0.2) is 0 Å². The highest BCUT2D eigenvalue weighted by molar-refractivity contribution is 5.76. The van der Waals surface area contributed by atoms with E-state index in [4.69, 9.17) is 0 Å². The Labute approximate surface area is 409 Å². The minimum atomic E-state index is -0.849. The summed E-state index contributed by atoms with van der Waals surface area (Å²) in [4.78, 5) is 12.5. The Balaban J connectivity index is 3.62. The molecule has 0 bridgehead atoms. The van der Waals surface area contributed by atoms with Crippen LogP contribution in [0.25, 0.3) is 0 Å². The molecule has 3 N–H and O–H groups in total. The first-order chi connectivity index (χ1) is 32.7. The molecule has 0 rings (SSSR count). The second-order valence-corrected chi connectivity index (χ2v) is 18.3. The molecule has 0 aromatic heterocycles. The van der Waals surface area contributed by atoms with Gasteiger partial charge >= 0.3 is 0 Å². The third-order valence-electron chi connectivity index (χ3n) is 12.0. The highest BCUT2D eigenvalue weighted by atomic mass is 16.3. The average molecular weight is 913 g/mol. The number of rotatable bonds is 49. The standard InChI is InChI=1S/C62H105NO3/c1-3-5-7-9-11-13-15-17-19-21-22-23-24-25-26-27-28-29-30-31-32-33-34-35-36-37-38-39-40-42-44-46-48-50-52-54-56-58-62(66)63-60(59-64)61(65)57-55-53-51-49-47-45-43-41-20-18-16-14-12-10-8-6-4-2/h5,7,11,13,17,19,22-23,25-26,28-29,31-32,34-35,37-38,55,57,60-61,64-65H,3-4,6,8-10,12,14-16,18,20-21,24,27,30,33,36,39-54,56,58-59H2,1-2H3,(H,63,66)/b7-5-,13-11-,19-17-,23-22-,26-25-,29-28-,32-31-,35-34-,38-37-,57-55+. The largest absolute Gasteiger partial charge is 0.394 e. The van der Waals surface area contributed by atoms with Crippen molar-refractivity contribution in [3.63, 3.8) is 0 Å². The van der Waals surface area contributed by atoms with E-state index in [9.17, 15) is 15.0 Å². The molecular formula is C62H105NO3. The molecule has 0 radical (unpaired) electrons. The summed E-state index contributed by atoms with van der Waals surface area (Å²) in [5.41, 5.74) is 0. The van der Waals surface area contributed by atoms with Gasteiger partial charge in [0.05, 0.1) is 18.8 Å². The second-order valence-electron chi connectivity index (χ2n) is 18.3. The van der Waals surface area contributed by atoms with Crippen LogP contribution >= 0.6 is 0 Å². The zero-order chi connectivity index (χ0) is 47.7. The molecule has 0 aliphatic heterocycles. The molecule has 1 amide bonds. The molecule has 0 aromatic carbocycles. The maximum absolute atomic E-state index is 12.5. The fraction of sp³-hybridized carbons (Fsp3) is 0.661. The van der Waals surface area contributed by atoms with Gasteiger partial charge in [0, 0.05) is 6.42 Å². The molecular weight excluding hydrogens is 807 g/mol. The normalized spacial score (nSPS) is 13.8. The van der Waals surface area contributed by atoms with Gasteiger partial charge in [-0.1, -0.05) is 270 Å². The van der Waals surface area contributed by atoms with E-state index in [1.54, 1.807) is 6.08 Å². The third kappa shape index (κ3) is 51.8. The van der Waals surface area contributed by atoms with Gasteiger partial charge in [-0.05, 0) is 89.9 Å². The topological polar surface area (TPSA) is 69.6 Å². The summed E-state index contributed by atoms with van der Waals surface area (Å²) < 4.78 is 0. The molecule has 4 heteroatoms. The van der Waals surface area contributed by atoms with Gasteiger partial charge in [-0.3, -0.25) is 4.79 Å². The molecule has 0 spiro atoms. The molecule has 2 unspecified atom stereocenters. The van der Waals surface area contributed by atoms with Crippen LogP contribution in [0.5, 0.6) is 0 Å². The lowest BCUT2D eigenvalue weighted by atomic mass is 10.0. The molecule has 4 nitrogen and oxygen atoms in total. The predicted molar refractivity (Wildman–Crippen MR) is 294 cm³/mol. The van der Waals surface area contributed by atoms with Crippen molar-refractivity contribution in [2.45, 2.75) is 257 Å². The van der Waals surface area contributed by atoms with Crippen LogP contribution in [0.1, 0.15) is 245 Å². The maximum Gasteiger partial charge on any atom is 0.220 e. The summed E-state index contributed by atoms with van der Waals surface area (Å²) in [6.07, 6.45) is 86.3. The van der Waals surface area contributed by atoms with Gasteiger partial charge in [-0.2, -0.15) is 0 Å². The summed E-state index contributed by atoms with van der Waals surface area (Å²) in [6, 6.07) is -0.634. The number of unbranched alkanes of at least 4 members (excludes halogenated alkanes) is 24. The number of amides is 1. The Bertz CT molecular complexity index is 1310. The fourth-order valence-corrected chi connectivity index (χ4v) is 7.76. The molecule has 0 fully saturated rings. The highest BCUT2D eigenvalue weighted by Crippen LogP contribution is 2.15. The first-order valence-corrected chi connectivity index (χ1v) is 27.7. The monoisotopic (exact) mass is 912 g/mol. The smallest absolute Gasteiger partial charge is 0.220 e. The van der Waals surface area contributed by atoms with Gasteiger partial charge in [-0.15, -0.1) is 0 Å². The predicted octanol–water partition coefficient (Wildman–Crippen LogP) is 18.5. The van der Waals surface area contributed by atoms with Crippen molar-refractivity contribution in [3.8, 4) is 0 Å². The van der Waals surface area contributed by atoms with Crippen LogP contribution in [0.4, 0.5) is 0 Å². The lowest BCUT2D eigenvalue weighted by Gasteiger charge is -2.20. The van der Waals surface area contributed by atoms with Crippen molar-refractivity contribution in [1.29, 1.82) is 0 Å². The van der Waals surface area contributed by atoms with E-state index in [1.165, 1.54) is 135 Å². The minimum absolute atomic E-state index is 0.0745. The zero-order valence-electron chi connectivity index (χ0n) is 43.2. The highest BCUT2D eigenvalue weighted by Gasteiger charge is 2.18. The Morgan fingerprint density at radius 1 is 0.379 bits per heavy atom. The third-order valence-corrected chi connectivity index (χ3v) is 12.0. The number of nitrogens with one attached hydrogen (secondary N) is 1. The van der Waals surface area contributed by atoms with E-state index in [0.29, 0.717) is 6.42 Å². The van der Waals surface area contributed by atoms with Crippen molar-refractivity contribution >= 4 is 5.91 Å². The van der Waals surface area contributed by atoms with Crippen molar-refractivity contribution in [3.05, 3.63) is 122 Å². The molecule has 2 atom stereocenters. The van der Waals surface area contributed by atoms with Gasteiger partial charge in [0.15, 0.2) is 0 Å². The minimum Gasteiger partial charge on any atom is -0.394 e. The van der Waals surface area contributed by atoms with E-state index < -0.39 is 12.1 Å². The molecule has 0 saturated carbocycles. The van der Waals surface area contributed by atoms with Crippen LogP contribution in [0, 0.1) is 0 Å². The Morgan fingerprint density at radius 2 is 0.667 bits per heavy atom. The van der Waals surface area contributed by atoms with Gasteiger partial charge in [0.2, 0.25) is 5.91 Å². The summed E-state index contributed by atoms with van der Waals surface area (Å²) in [5.74, 6) is -0.0745. The molecule has 66 heavy (non-hydrogen) atoms. The Kier molecular flexibility index (Phi) is 53.4. The molecule has 0 aliphatic carbocycles. The summed E-state index contributed by atoms with van der Waals surface area (Å²) >= 11 is 0. The molecule has 0 aromatic rings. The van der Waals surface area contributed by atoms with E-state index >= 15 is 0 Å². The number of carbonyl (C=O) groups is 1. The molecule has 376 valence electrons. The lowest BCUT2D eigenvalue weighted by Crippen LogP contribution is -2.45. The first-order valence-electron chi connectivity index (χ1n) is 27.7. The first kappa shape index (κ1) is 62.8. The average Bonchev–Trinajstić information content (AvgIpc) is 3.32. The van der Waals surface area contributed by atoms with Gasteiger partial charge in [0.1, 0.15) is 0 Å². The SMILES string of the molecule is CC/C=C\C/C=C\C/C=C\C/C=C\C/C=C\C/C=C\C/C=C\C/C=C\C/C=C\CCCCCCCCCCCC(=O)NC(CO)C(O)/C=C/CCCCCCCCCCCCCCCCC. The van der Waals surface area contributed by atoms with E-state index in [2.05, 4.69) is 129 Å². The van der Waals surface area contributed by atoms with Crippen LogP contribution in [0.15, 0.2) is 122 Å². The summed E-state index contributed by atoms with van der Waals surface area (Å²) in [5, 5.41) is 23.1. The van der Waals surface area contributed by atoms with Crippen LogP contribution in [-0.2, 0) is 4.79 Å². The van der Waals surface area contributed by atoms with Crippen LogP contribution in [-0.4, -0.2) is 34.9 Å². The fourth-order valence-electron chi connectivity index (χ4n) is 7.76. The van der Waals surface area contributed by atoms with Crippen molar-refractivity contribution in [2.24, 2.45) is 0 Å².